The zero-order chi connectivity index (χ0) is 18.1. The third-order valence-corrected chi connectivity index (χ3v) is 5.46. The van der Waals surface area contributed by atoms with Crippen molar-refractivity contribution in [2.45, 2.75) is 13.5 Å². The lowest BCUT2D eigenvalue weighted by Gasteiger charge is -2.32. The van der Waals surface area contributed by atoms with E-state index in [0.29, 0.717) is 12.2 Å². The van der Waals surface area contributed by atoms with Crippen LogP contribution in [0.5, 0.6) is 0 Å². The van der Waals surface area contributed by atoms with Crippen molar-refractivity contribution in [2.24, 2.45) is 0 Å². The van der Waals surface area contributed by atoms with Crippen LogP contribution in [-0.4, -0.2) is 44.5 Å². The van der Waals surface area contributed by atoms with Crippen LogP contribution in [0.25, 0.3) is 0 Å². The molecule has 0 unspecified atom stereocenters. The molecule has 0 bridgehead atoms. The Bertz CT molecular complexity index is 841. The molecule has 2 aliphatic rings. The standard InChI is InChI=1S/C21H23N3O2/c1-16-5-4-6-17(13-16)14-22-9-11-23(12-10-22)15-24-19-8-3-2-7-18(19)20(25)21(24)26/h2-8,13H,9-12,14-15H2,1H3/p+2. The number of carbonyl (C=O) groups is 2. The van der Waals surface area contributed by atoms with Crippen LogP contribution in [0.2, 0.25) is 0 Å². The SMILES string of the molecule is Cc1cccc(C[NH+]2CC[NH+](CN3C(=O)C(=O)c4ccccc43)CC2)c1. The van der Waals surface area contributed by atoms with Crippen molar-refractivity contribution in [3.8, 4) is 0 Å². The van der Waals surface area contributed by atoms with Crippen molar-refractivity contribution in [1.82, 2.24) is 0 Å². The second-order valence-electron chi connectivity index (χ2n) is 7.40. The summed E-state index contributed by atoms with van der Waals surface area (Å²) in [6.07, 6.45) is 0. The molecule has 2 aromatic carbocycles. The van der Waals surface area contributed by atoms with Crippen LogP contribution < -0.4 is 14.7 Å². The number of aryl methyl sites for hydroxylation is 1. The quantitative estimate of drug-likeness (QED) is 0.728. The molecule has 0 spiro atoms. The first-order valence-corrected chi connectivity index (χ1v) is 9.30. The summed E-state index contributed by atoms with van der Waals surface area (Å²) in [7, 11) is 0. The van der Waals surface area contributed by atoms with Crippen LogP contribution >= 0.6 is 0 Å². The number of ketones is 1. The van der Waals surface area contributed by atoms with Crippen molar-refractivity contribution in [3.63, 3.8) is 0 Å². The van der Waals surface area contributed by atoms with Gasteiger partial charge in [0.2, 0.25) is 0 Å². The number of Topliss-reactive ketones (excluding diaryl/α,β-unsaturated/α-hetero) is 1. The summed E-state index contributed by atoms with van der Waals surface area (Å²) < 4.78 is 0. The van der Waals surface area contributed by atoms with Crippen LogP contribution in [0.3, 0.4) is 0 Å². The lowest BCUT2D eigenvalue weighted by molar-refractivity contribution is -1.02. The maximum Gasteiger partial charge on any atom is 0.303 e. The highest BCUT2D eigenvalue weighted by atomic mass is 16.2. The van der Waals surface area contributed by atoms with E-state index in [0.717, 1.165) is 38.4 Å². The number of benzene rings is 2. The van der Waals surface area contributed by atoms with Crippen LogP contribution in [0, 0.1) is 6.92 Å². The minimum Gasteiger partial charge on any atom is -0.322 e. The Morgan fingerprint density at radius 1 is 0.923 bits per heavy atom. The fraction of sp³-hybridized carbons (Fsp3) is 0.333. The molecule has 5 heteroatoms. The molecule has 1 fully saturated rings. The van der Waals surface area contributed by atoms with Crippen LogP contribution in [0.15, 0.2) is 48.5 Å². The molecule has 0 radical (unpaired) electrons. The Balaban J connectivity index is 1.36. The highest BCUT2D eigenvalue weighted by Gasteiger charge is 2.38. The lowest BCUT2D eigenvalue weighted by Crippen LogP contribution is -3.28. The van der Waals surface area contributed by atoms with Crippen molar-refractivity contribution in [3.05, 3.63) is 65.2 Å². The van der Waals surface area contributed by atoms with E-state index in [2.05, 4.69) is 31.2 Å². The van der Waals surface area contributed by atoms with Crippen LogP contribution in [0.1, 0.15) is 21.5 Å². The zero-order valence-electron chi connectivity index (χ0n) is 15.1. The highest BCUT2D eigenvalue weighted by Crippen LogP contribution is 2.27. The van der Waals surface area contributed by atoms with E-state index in [1.165, 1.54) is 16.0 Å². The largest absolute Gasteiger partial charge is 0.322 e. The molecule has 5 nitrogen and oxygen atoms in total. The van der Waals surface area contributed by atoms with Gasteiger partial charge in [-0.15, -0.1) is 0 Å². The number of carbonyl (C=O) groups excluding carboxylic acids is 2. The summed E-state index contributed by atoms with van der Waals surface area (Å²) in [4.78, 5) is 29.1. The number of anilines is 1. The van der Waals surface area contributed by atoms with Gasteiger partial charge >= 0.3 is 5.91 Å². The molecule has 2 aliphatic heterocycles. The molecule has 1 amide bonds. The van der Waals surface area contributed by atoms with Gasteiger partial charge in [-0.25, -0.2) is 0 Å². The molecule has 2 aromatic rings. The normalized spacial score (nSPS) is 22.6. The molecular weight excluding hydrogens is 326 g/mol. The summed E-state index contributed by atoms with van der Waals surface area (Å²) in [6, 6.07) is 16.0. The fourth-order valence-electron chi connectivity index (χ4n) is 4.03. The summed E-state index contributed by atoms with van der Waals surface area (Å²) in [5.41, 5.74) is 4.00. The van der Waals surface area contributed by atoms with Gasteiger partial charge in [-0.05, 0) is 19.1 Å². The number of hydrogen-bond donors (Lipinski definition) is 2. The summed E-state index contributed by atoms with van der Waals surface area (Å²) >= 11 is 0. The average Bonchev–Trinajstić information content (AvgIpc) is 2.89. The smallest absolute Gasteiger partial charge is 0.303 e. The van der Waals surface area contributed by atoms with Crippen LogP contribution in [0.4, 0.5) is 5.69 Å². The van der Waals surface area contributed by atoms with E-state index in [1.54, 1.807) is 15.9 Å². The van der Waals surface area contributed by atoms with Crippen molar-refractivity contribution in [1.29, 1.82) is 0 Å². The second kappa shape index (κ2) is 7.02. The van der Waals surface area contributed by atoms with Gasteiger partial charge in [-0.2, -0.15) is 0 Å². The van der Waals surface area contributed by atoms with Gasteiger partial charge in [-0.3, -0.25) is 14.5 Å². The molecular formula is C21H25N3O2+2. The van der Waals surface area contributed by atoms with E-state index in [4.69, 9.17) is 0 Å². The molecule has 26 heavy (non-hydrogen) atoms. The predicted octanol–water partition coefficient (Wildman–Crippen LogP) is -0.535. The van der Waals surface area contributed by atoms with Gasteiger partial charge in [0.1, 0.15) is 32.7 Å². The molecule has 1 saturated heterocycles. The number of amides is 1. The zero-order valence-corrected chi connectivity index (χ0v) is 15.1. The van der Waals surface area contributed by atoms with Gasteiger partial charge in [0.25, 0.3) is 5.78 Å². The molecule has 2 heterocycles. The summed E-state index contributed by atoms with van der Waals surface area (Å²) in [5, 5.41) is 0. The number of nitrogens with zero attached hydrogens (tertiary/aromatic N) is 1. The van der Waals surface area contributed by atoms with Gasteiger partial charge in [-0.1, -0.05) is 42.0 Å². The number of hydrogen-bond acceptors (Lipinski definition) is 2. The lowest BCUT2D eigenvalue weighted by atomic mass is 10.1. The number of para-hydroxylation sites is 1. The third-order valence-electron chi connectivity index (χ3n) is 5.46. The fourth-order valence-corrected chi connectivity index (χ4v) is 4.03. The molecule has 0 aromatic heterocycles. The van der Waals surface area contributed by atoms with Gasteiger partial charge in [0.05, 0.1) is 11.3 Å². The van der Waals surface area contributed by atoms with E-state index in [1.807, 2.05) is 18.2 Å². The Kier molecular flexibility index (Phi) is 4.57. The van der Waals surface area contributed by atoms with Gasteiger partial charge in [0.15, 0.2) is 6.67 Å². The van der Waals surface area contributed by atoms with Gasteiger partial charge < -0.3 is 9.80 Å². The minimum atomic E-state index is -0.381. The Hall–Kier alpha value is -2.50. The molecule has 0 atom stereocenters. The van der Waals surface area contributed by atoms with E-state index < -0.39 is 0 Å². The number of quaternary nitrogens is 2. The van der Waals surface area contributed by atoms with Crippen molar-refractivity contribution < 1.29 is 19.4 Å². The number of rotatable bonds is 4. The maximum atomic E-state index is 12.3. The molecule has 2 N–H and O–H groups in total. The number of nitrogens with one attached hydrogen (secondary N) is 2. The molecule has 0 saturated carbocycles. The summed E-state index contributed by atoms with van der Waals surface area (Å²) in [5.74, 6) is -0.753. The first kappa shape index (κ1) is 16.9. The first-order valence-electron chi connectivity index (χ1n) is 9.30. The van der Waals surface area contributed by atoms with E-state index >= 15 is 0 Å². The topological polar surface area (TPSA) is 46.3 Å². The Labute approximate surface area is 153 Å². The van der Waals surface area contributed by atoms with Gasteiger partial charge in [0, 0.05) is 5.56 Å². The Morgan fingerprint density at radius 3 is 2.42 bits per heavy atom. The van der Waals surface area contributed by atoms with E-state index in [-0.39, 0.29) is 11.7 Å². The first-order chi connectivity index (χ1) is 12.6. The number of fused-ring (bicyclic) bond motifs is 1. The highest BCUT2D eigenvalue weighted by molar-refractivity contribution is 6.52. The summed E-state index contributed by atoms with van der Waals surface area (Å²) in [6.45, 7) is 7.97. The third kappa shape index (κ3) is 3.28. The molecule has 134 valence electrons. The predicted molar refractivity (Wildman–Crippen MR) is 99.4 cm³/mol. The van der Waals surface area contributed by atoms with Crippen molar-refractivity contribution in [2.75, 3.05) is 37.7 Å². The Morgan fingerprint density at radius 2 is 1.65 bits per heavy atom. The average molecular weight is 351 g/mol. The second-order valence-corrected chi connectivity index (χ2v) is 7.40. The molecule has 0 aliphatic carbocycles. The number of piperazine rings is 1. The monoisotopic (exact) mass is 351 g/mol. The van der Waals surface area contributed by atoms with E-state index in [9.17, 15) is 9.59 Å². The van der Waals surface area contributed by atoms with Crippen LogP contribution in [-0.2, 0) is 11.3 Å². The van der Waals surface area contributed by atoms with Crippen molar-refractivity contribution >= 4 is 17.4 Å². The minimum absolute atomic E-state index is 0.372. The molecule has 4 rings (SSSR count). The maximum absolute atomic E-state index is 12.3.